The van der Waals surface area contributed by atoms with E-state index in [9.17, 15) is 5.11 Å². The van der Waals surface area contributed by atoms with Crippen LogP contribution in [0.1, 0.15) is 30.5 Å². The second kappa shape index (κ2) is 3.61. The summed E-state index contributed by atoms with van der Waals surface area (Å²) in [6, 6.07) is 0. The van der Waals surface area contributed by atoms with Gasteiger partial charge in [0.15, 0.2) is 0 Å². The molecule has 0 aliphatic carbocycles. The zero-order chi connectivity index (χ0) is 10.2. The van der Waals surface area contributed by atoms with Gasteiger partial charge in [0.1, 0.15) is 5.60 Å². The molecule has 2 atom stereocenters. The maximum Gasteiger partial charge on any atom is 0.112 e. The third-order valence-electron chi connectivity index (χ3n) is 2.64. The lowest BCUT2D eigenvalue weighted by Crippen LogP contribution is -2.37. The summed E-state index contributed by atoms with van der Waals surface area (Å²) in [6.45, 7) is 4.57. The zero-order valence-corrected chi connectivity index (χ0v) is 9.30. The molecule has 1 saturated heterocycles. The van der Waals surface area contributed by atoms with E-state index in [0.717, 1.165) is 10.7 Å². The highest BCUT2D eigenvalue weighted by atomic mass is 32.1. The van der Waals surface area contributed by atoms with Crippen LogP contribution >= 0.6 is 11.3 Å². The highest BCUT2D eigenvalue weighted by Crippen LogP contribution is 2.34. The summed E-state index contributed by atoms with van der Waals surface area (Å²) in [5, 5.41) is 13.3. The quantitative estimate of drug-likeness (QED) is 0.774. The van der Waals surface area contributed by atoms with Crippen molar-refractivity contribution in [2.75, 3.05) is 6.61 Å². The van der Waals surface area contributed by atoms with Crippen LogP contribution in [0.4, 0.5) is 0 Å². The van der Waals surface area contributed by atoms with Gasteiger partial charge in [-0.1, -0.05) is 0 Å². The molecule has 1 aliphatic rings. The Labute approximate surface area is 87.7 Å². The second-order valence-corrected chi connectivity index (χ2v) is 4.98. The van der Waals surface area contributed by atoms with Crippen LogP contribution in [0.5, 0.6) is 0 Å². The van der Waals surface area contributed by atoms with E-state index in [0.29, 0.717) is 19.4 Å². The van der Waals surface area contributed by atoms with Crippen molar-refractivity contribution in [1.29, 1.82) is 0 Å². The van der Waals surface area contributed by atoms with Gasteiger partial charge in [0.2, 0.25) is 0 Å². The molecular weight excluding hydrogens is 198 g/mol. The van der Waals surface area contributed by atoms with Crippen LogP contribution in [0.3, 0.4) is 0 Å². The smallest absolute Gasteiger partial charge is 0.112 e. The van der Waals surface area contributed by atoms with Crippen molar-refractivity contribution >= 4 is 11.3 Å². The first kappa shape index (κ1) is 10.1. The Morgan fingerprint density at radius 3 is 3.07 bits per heavy atom. The SMILES string of the molecule is Cc1nc(C2(O)CCOC(C)C2)cs1. The zero-order valence-electron chi connectivity index (χ0n) is 8.49. The van der Waals surface area contributed by atoms with Gasteiger partial charge in [0.05, 0.1) is 23.4 Å². The molecule has 1 fully saturated rings. The van der Waals surface area contributed by atoms with Gasteiger partial charge in [-0.15, -0.1) is 11.3 Å². The Hall–Kier alpha value is -0.450. The summed E-state index contributed by atoms with van der Waals surface area (Å²) in [6.07, 6.45) is 1.42. The van der Waals surface area contributed by atoms with Crippen LogP contribution in [0.15, 0.2) is 5.38 Å². The maximum absolute atomic E-state index is 10.4. The molecule has 0 amide bonds. The summed E-state index contributed by atoms with van der Waals surface area (Å²) in [4.78, 5) is 4.35. The molecule has 1 N–H and O–H groups in total. The Balaban J connectivity index is 2.22. The van der Waals surface area contributed by atoms with Crippen LogP contribution in [-0.2, 0) is 10.3 Å². The molecule has 1 aliphatic heterocycles. The first-order chi connectivity index (χ1) is 6.60. The Morgan fingerprint density at radius 1 is 1.71 bits per heavy atom. The molecule has 2 unspecified atom stereocenters. The Morgan fingerprint density at radius 2 is 2.50 bits per heavy atom. The lowest BCUT2D eigenvalue weighted by atomic mass is 9.88. The first-order valence-corrected chi connectivity index (χ1v) is 5.75. The molecule has 2 rings (SSSR count). The van der Waals surface area contributed by atoms with E-state index in [2.05, 4.69) is 4.98 Å². The molecule has 0 saturated carbocycles. The number of rotatable bonds is 1. The molecular formula is C10H15NO2S. The van der Waals surface area contributed by atoms with Crippen LogP contribution in [-0.4, -0.2) is 22.8 Å². The van der Waals surface area contributed by atoms with E-state index in [4.69, 9.17) is 4.74 Å². The standard InChI is InChI=1S/C10H15NO2S/c1-7-5-10(12,3-4-13-7)9-6-14-8(2)11-9/h6-7,12H,3-5H2,1-2H3. The maximum atomic E-state index is 10.4. The summed E-state index contributed by atoms with van der Waals surface area (Å²) < 4.78 is 5.42. The van der Waals surface area contributed by atoms with E-state index in [1.807, 2.05) is 19.2 Å². The number of ether oxygens (including phenoxy) is 1. The van der Waals surface area contributed by atoms with E-state index in [1.165, 1.54) is 0 Å². The molecule has 1 aromatic heterocycles. The Kier molecular flexibility index (Phi) is 2.60. The fourth-order valence-electron chi connectivity index (χ4n) is 1.88. The fourth-order valence-corrected chi connectivity index (χ4v) is 2.58. The first-order valence-electron chi connectivity index (χ1n) is 4.87. The van der Waals surface area contributed by atoms with E-state index < -0.39 is 5.60 Å². The van der Waals surface area contributed by atoms with E-state index in [-0.39, 0.29) is 6.10 Å². The minimum absolute atomic E-state index is 0.121. The van der Waals surface area contributed by atoms with Gasteiger partial charge < -0.3 is 9.84 Å². The molecule has 0 spiro atoms. The largest absolute Gasteiger partial charge is 0.383 e. The number of hydrogen-bond donors (Lipinski definition) is 1. The summed E-state index contributed by atoms with van der Waals surface area (Å²) >= 11 is 1.59. The minimum atomic E-state index is -0.761. The molecule has 0 aromatic carbocycles. The summed E-state index contributed by atoms with van der Waals surface area (Å²) in [5.41, 5.74) is 0.0535. The third kappa shape index (κ3) is 1.82. The molecule has 0 bridgehead atoms. The average Bonchev–Trinajstić information content (AvgIpc) is 2.52. The number of thiazole rings is 1. The number of hydrogen-bond acceptors (Lipinski definition) is 4. The van der Waals surface area contributed by atoms with Crippen LogP contribution in [0, 0.1) is 6.92 Å². The third-order valence-corrected chi connectivity index (χ3v) is 3.41. The fraction of sp³-hybridized carbons (Fsp3) is 0.700. The summed E-state index contributed by atoms with van der Waals surface area (Å²) in [5.74, 6) is 0. The van der Waals surface area contributed by atoms with Gasteiger partial charge in [0, 0.05) is 18.2 Å². The van der Waals surface area contributed by atoms with Crippen molar-refractivity contribution in [3.8, 4) is 0 Å². The van der Waals surface area contributed by atoms with Gasteiger partial charge >= 0.3 is 0 Å². The van der Waals surface area contributed by atoms with Crippen molar-refractivity contribution < 1.29 is 9.84 Å². The number of nitrogens with zero attached hydrogens (tertiary/aromatic N) is 1. The minimum Gasteiger partial charge on any atom is -0.383 e. The van der Waals surface area contributed by atoms with Crippen LogP contribution in [0.25, 0.3) is 0 Å². The predicted octanol–water partition coefficient (Wildman–Crippen LogP) is 1.84. The molecule has 2 heterocycles. The van der Waals surface area contributed by atoms with Gasteiger partial charge in [-0.3, -0.25) is 0 Å². The van der Waals surface area contributed by atoms with Crippen molar-refractivity contribution in [2.24, 2.45) is 0 Å². The molecule has 4 heteroatoms. The van der Waals surface area contributed by atoms with Gasteiger partial charge in [-0.05, 0) is 13.8 Å². The highest BCUT2D eigenvalue weighted by Gasteiger charge is 2.36. The van der Waals surface area contributed by atoms with Crippen LogP contribution < -0.4 is 0 Å². The van der Waals surface area contributed by atoms with Crippen LogP contribution in [0.2, 0.25) is 0 Å². The normalized spacial score (nSPS) is 33.2. The monoisotopic (exact) mass is 213 g/mol. The molecule has 14 heavy (non-hydrogen) atoms. The van der Waals surface area contributed by atoms with Gasteiger partial charge in [-0.2, -0.15) is 0 Å². The molecule has 0 radical (unpaired) electrons. The predicted molar refractivity (Wildman–Crippen MR) is 55.4 cm³/mol. The van der Waals surface area contributed by atoms with Crippen molar-refractivity contribution in [3.05, 3.63) is 16.1 Å². The van der Waals surface area contributed by atoms with Gasteiger partial charge in [0.25, 0.3) is 0 Å². The average molecular weight is 213 g/mol. The van der Waals surface area contributed by atoms with Crippen molar-refractivity contribution in [1.82, 2.24) is 4.98 Å². The number of aryl methyl sites for hydroxylation is 1. The number of aliphatic hydroxyl groups is 1. The number of aromatic nitrogens is 1. The second-order valence-electron chi connectivity index (χ2n) is 3.92. The molecule has 1 aromatic rings. The van der Waals surface area contributed by atoms with E-state index in [1.54, 1.807) is 11.3 Å². The van der Waals surface area contributed by atoms with Gasteiger partial charge in [-0.25, -0.2) is 4.98 Å². The Bertz CT molecular complexity index is 326. The van der Waals surface area contributed by atoms with E-state index >= 15 is 0 Å². The topological polar surface area (TPSA) is 42.4 Å². The molecule has 3 nitrogen and oxygen atoms in total. The molecule has 78 valence electrons. The summed E-state index contributed by atoms with van der Waals surface area (Å²) in [7, 11) is 0. The van der Waals surface area contributed by atoms with Crippen molar-refractivity contribution in [2.45, 2.75) is 38.4 Å². The lowest BCUT2D eigenvalue weighted by Gasteiger charge is -2.34. The van der Waals surface area contributed by atoms with Crippen molar-refractivity contribution in [3.63, 3.8) is 0 Å². The lowest BCUT2D eigenvalue weighted by molar-refractivity contribution is -0.103. The highest BCUT2D eigenvalue weighted by molar-refractivity contribution is 7.09.